The van der Waals surface area contributed by atoms with E-state index >= 15 is 0 Å². The Bertz CT molecular complexity index is 1400. The molecule has 0 unspecified atom stereocenters. The van der Waals surface area contributed by atoms with Crippen LogP contribution in [0.25, 0.3) is 0 Å². The molecule has 0 spiro atoms. The van der Waals surface area contributed by atoms with Crippen LogP contribution in [0, 0.1) is 6.92 Å². The Balaban J connectivity index is 1.57. The minimum absolute atomic E-state index is 0.0133. The van der Waals surface area contributed by atoms with Crippen molar-refractivity contribution in [2.24, 2.45) is 0 Å². The second kappa shape index (κ2) is 10.3. The van der Waals surface area contributed by atoms with Gasteiger partial charge < -0.3 is 9.47 Å². The fourth-order valence-corrected chi connectivity index (χ4v) is 4.66. The topological polar surface area (TPSA) is 59.8 Å². The summed E-state index contributed by atoms with van der Waals surface area (Å²) in [6, 6.07) is 25.9. The lowest BCUT2D eigenvalue weighted by Crippen LogP contribution is -2.47. The minimum Gasteiger partial charge on any atom is -0.497 e. The molecule has 7 nitrogen and oxygen atoms in total. The lowest BCUT2D eigenvalue weighted by Gasteiger charge is -2.39. The fraction of sp³-hybridized carbons (Fsp3) is 0.241. The summed E-state index contributed by atoms with van der Waals surface area (Å²) >= 11 is 0. The number of methoxy groups -OCH3 is 2. The van der Waals surface area contributed by atoms with Crippen molar-refractivity contribution < 1.29 is 9.47 Å². The van der Waals surface area contributed by atoms with Crippen LogP contribution in [-0.2, 0) is 19.6 Å². The summed E-state index contributed by atoms with van der Waals surface area (Å²) in [5, 5.41) is 0. The van der Waals surface area contributed by atoms with E-state index in [4.69, 9.17) is 14.5 Å². The summed E-state index contributed by atoms with van der Waals surface area (Å²) in [7, 11) is 3.32. The molecule has 0 bridgehead atoms. The Morgan fingerprint density at radius 1 is 0.833 bits per heavy atom. The van der Waals surface area contributed by atoms with Crippen LogP contribution in [0.15, 0.2) is 83.7 Å². The Morgan fingerprint density at radius 3 is 2.28 bits per heavy atom. The summed E-state index contributed by atoms with van der Waals surface area (Å²) in [5.41, 5.74) is 4.55. The van der Waals surface area contributed by atoms with E-state index < -0.39 is 0 Å². The average Bonchev–Trinajstić information content (AvgIpc) is 2.92. The predicted octanol–water partition coefficient (Wildman–Crippen LogP) is 4.73. The Kier molecular flexibility index (Phi) is 6.73. The lowest BCUT2D eigenvalue weighted by atomic mass is 10.1. The monoisotopic (exact) mass is 482 g/mol. The third-order valence-electron chi connectivity index (χ3n) is 6.54. The smallest absolute Gasteiger partial charge is 0.259 e. The van der Waals surface area contributed by atoms with Crippen LogP contribution >= 0.6 is 0 Å². The molecule has 0 saturated heterocycles. The van der Waals surface area contributed by atoms with Crippen molar-refractivity contribution >= 4 is 11.6 Å². The first-order chi connectivity index (χ1) is 17.6. The van der Waals surface area contributed by atoms with E-state index in [1.165, 1.54) is 0 Å². The predicted molar refractivity (Wildman–Crippen MR) is 141 cm³/mol. The summed E-state index contributed by atoms with van der Waals surface area (Å²) in [5.74, 6) is 2.18. The highest BCUT2D eigenvalue weighted by Crippen LogP contribution is 2.35. The third kappa shape index (κ3) is 4.70. The average molecular weight is 483 g/mol. The first-order valence-electron chi connectivity index (χ1n) is 12.0. The fourth-order valence-electron chi connectivity index (χ4n) is 4.66. The molecular weight excluding hydrogens is 452 g/mol. The van der Waals surface area contributed by atoms with Crippen LogP contribution in [0.5, 0.6) is 11.5 Å². The number of benzene rings is 3. The van der Waals surface area contributed by atoms with Gasteiger partial charge in [-0.3, -0.25) is 19.2 Å². The zero-order valence-corrected chi connectivity index (χ0v) is 20.8. The first-order valence-corrected chi connectivity index (χ1v) is 12.0. The van der Waals surface area contributed by atoms with Crippen molar-refractivity contribution in [2.45, 2.75) is 26.6 Å². The van der Waals surface area contributed by atoms with Gasteiger partial charge in [-0.15, -0.1) is 0 Å². The minimum atomic E-state index is -0.0133. The molecule has 1 aliphatic rings. The van der Waals surface area contributed by atoms with Gasteiger partial charge in [-0.2, -0.15) is 0 Å². The van der Waals surface area contributed by atoms with Gasteiger partial charge in [-0.05, 0) is 42.3 Å². The molecule has 0 atom stereocenters. The molecule has 0 amide bonds. The van der Waals surface area contributed by atoms with Gasteiger partial charge in [0.1, 0.15) is 11.5 Å². The summed E-state index contributed by atoms with van der Waals surface area (Å²) in [6.07, 6.45) is 0.548. The second-order valence-electron chi connectivity index (χ2n) is 8.93. The zero-order chi connectivity index (χ0) is 25.1. The van der Waals surface area contributed by atoms with Crippen LogP contribution in [-0.4, -0.2) is 35.3 Å². The molecule has 0 fully saturated rings. The van der Waals surface area contributed by atoms with Gasteiger partial charge in [0.25, 0.3) is 5.56 Å². The molecular formula is C29H30N4O3. The standard InChI is InChI=1S/C29H30N4O3/c1-21-25(17-22-9-5-4-6-10-22)28(34)33-20-31(18-23-13-15-24(35-2)16-14-23)19-32(29(33)30-21)26-11-7-8-12-27(26)36-3/h4-16H,17-20H2,1-3H3. The largest absolute Gasteiger partial charge is 0.497 e. The number of hydrogen-bond acceptors (Lipinski definition) is 6. The van der Waals surface area contributed by atoms with Gasteiger partial charge in [0, 0.05) is 18.5 Å². The molecule has 3 aromatic carbocycles. The van der Waals surface area contributed by atoms with Gasteiger partial charge in [-0.25, -0.2) is 4.98 Å². The molecule has 5 rings (SSSR count). The Hall–Kier alpha value is -4.10. The number of hydrogen-bond donors (Lipinski definition) is 0. The maximum atomic E-state index is 13.9. The molecule has 1 aromatic heterocycles. The maximum Gasteiger partial charge on any atom is 0.259 e. The highest BCUT2D eigenvalue weighted by molar-refractivity contribution is 5.66. The van der Waals surface area contributed by atoms with E-state index in [9.17, 15) is 4.79 Å². The van der Waals surface area contributed by atoms with Crippen molar-refractivity contribution in [1.29, 1.82) is 0 Å². The van der Waals surface area contributed by atoms with Crippen LogP contribution in [0.4, 0.5) is 11.6 Å². The lowest BCUT2D eigenvalue weighted by molar-refractivity contribution is 0.189. The van der Waals surface area contributed by atoms with E-state index in [1.807, 2.05) is 73.7 Å². The highest BCUT2D eigenvalue weighted by Gasteiger charge is 2.29. The Labute approximate surface area is 211 Å². The number of nitrogens with zero attached hydrogens (tertiary/aromatic N) is 4. The quantitative estimate of drug-likeness (QED) is 0.380. The van der Waals surface area contributed by atoms with E-state index in [-0.39, 0.29) is 5.56 Å². The maximum absolute atomic E-state index is 13.9. The van der Waals surface area contributed by atoms with Crippen molar-refractivity contribution in [1.82, 2.24) is 14.5 Å². The molecule has 2 heterocycles. The molecule has 0 radical (unpaired) electrons. The van der Waals surface area contributed by atoms with Crippen LogP contribution < -0.4 is 19.9 Å². The molecule has 36 heavy (non-hydrogen) atoms. The van der Waals surface area contributed by atoms with E-state index in [0.717, 1.165) is 39.6 Å². The van der Waals surface area contributed by atoms with Crippen molar-refractivity contribution in [3.05, 3.63) is 112 Å². The van der Waals surface area contributed by atoms with E-state index in [1.54, 1.807) is 18.8 Å². The van der Waals surface area contributed by atoms with Crippen LogP contribution in [0.2, 0.25) is 0 Å². The number of para-hydroxylation sites is 2. The van der Waals surface area contributed by atoms with Crippen LogP contribution in [0.3, 0.4) is 0 Å². The molecule has 0 aliphatic carbocycles. The summed E-state index contributed by atoms with van der Waals surface area (Å²) in [4.78, 5) is 23.1. The number of aromatic nitrogens is 2. The van der Waals surface area contributed by atoms with Gasteiger partial charge >= 0.3 is 0 Å². The van der Waals surface area contributed by atoms with E-state index in [0.29, 0.717) is 32.3 Å². The van der Waals surface area contributed by atoms with Gasteiger partial charge in [0.2, 0.25) is 5.95 Å². The van der Waals surface area contributed by atoms with Gasteiger partial charge in [0.15, 0.2) is 0 Å². The number of aryl methyl sites for hydroxylation is 1. The Morgan fingerprint density at radius 2 is 1.56 bits per heavy atom. The number of fused-ring (bicyclic) bond motifs is 1. The van der Waals surface area contributed by atoms with Crippen LogP contribution in [0.1, 0.15) is 22.4 Å². The van der Waals surface area contributed by atoms with Crippen molar-refractivity contribution in [2.75, 3.05) is 25.8 Å². The molecule has 184 valence electrons. The van der Waals surface area contributed by atoms with Gasteiger partial charge in [-0.1, -0.05) is 54.6 Å². The number of rotatable bonds is 7. The third-order valence-corrected chi connectivity index (χ3v) is 6.54. The summed E-state index contributed by atoms with van der Waals surface area (Å²) in [6.45, 7) is 3.60. The molecule has 0 N–H and O–H groups in total. The molecule has 0 saturated carbocycles. The zero-order valence-electron chi connectivity index (χ0n) is 20.8. The van der Waals surface area contributed by atoms with Gasteiger partial charge in [0.05, 0.1) is 38.9 Å². The first kappa shape index (κ1) is 23.6. The number of ether oxygens (including phenoxy) is 2. The molecule has 4 aromatic rings. The van der Waals surface area contributed by atoms with E-state index in [2.05, 4.69) is 21.9 Å². The normalized spacial score (nSPS) is 13.4. The second-order valence-corrected chi connectivity index (χ2v) is 8.93. The summed E-state index contributed by atoms with van der Waals surface area (Å²) < 4.78 is 12.8. The van der Waals surface area contributed by atoms with Crippen molar-refractivity contribution in [3.8, 4) is 11.5 Å². The highest BCUT2D eigenvalue weighted by atomic mass is 16.5. The SMILES string of the molecule is COc1ccc(CN2CN(c3ccccc3OC)c3nc(C)c(Cc4ccccc4)c(=O)n3C2)cc1. The van der Waals surface area contributed by atoms with Crippen molar-refractivity contribution in [3.63, 3.8) is 0 Å². The molecule has 7 heteroatoms. The number of anilines is 2. The molecule has 1 aliphatic heterocycles.